The third kappa shape index (κ3) is 4.61. The first kappa shape index (κ1) is 19.0. The Hall–Kier alpha value is -2.31. The van der Waals surface area contributed by atoms with Gasteiger partial charge in [-0.3, -0.25) is 14.9 Å². The quantitative estimate of drug-likeness (QED) is 0.582. The molecule has 25 heavy (non-hydrogen) atoms. The van der Waals surface area contributed by atoms with Crippen LogP contribution in [0.3, 0.4) is 0 Å². The Morgan fingerprint density at radius 3 is 2.36 bits per heavy atom. The van der Waals surface area contributed by atoms with Gasteiger partial charge in [-0.15, -0.1) is 0 Å². The molecule has 0 saturated carbocycles. The maximum Gasteiger partial charge on any atom is 0.288 e. The molecule has 132 valence electrons. The number of rotatable bonds is 5. The average molecular weight is 383 g/mol. The number of nitro benzene ring substituents is 1. The van der Waals surface area contributed by atoms with Crippen molar-refractivity contribution in [3.05, 3.63) is 62.1 Å². The van der Waals surface area contributed by atoms with E-state index in [0.717, 1.165) is 0 Å². The molecular weight excluding hydrogens is 367 g/mol. The van der Waals surface area contributed by atoms with E-state index >= 15 is 0 Å². The Labute approximate surface area is 154 Å². The highest BCUT2D eigenvalue weighted by Gasteiger charge is 2.31. The molecule has 1 amide bonds. The molecule has 0 bridgehead atoms. The summed E-state index contributed by atoms with van der Waals surface area (Å²) in [6.45, 7) is 4.87. The van der Waals surface area contributed by atoms with Crippen molar-refractivity contribution in [1.82, 2.24) is 0 Å². The summed E-state index contributed by atoms with van der Waals surface area (Å²) in [4.78, 5) is 22.9. The number of nitrogens with zero attached hydrogens (tertiary/aromatic N) is 1. The summed E-state index contributed by atoms with van der Waals surface area (Å²) in [5.74, 6) is 0.0680. The summed E-state index contributed by atoms with van der Waals surface area (Å²) in [5.41, 5.74) is -0.497. The zero-order valence-electron chi connectivity index (χ0n) is 13.8. The van der Waals surface area contributed by atoms with Gasteiger partial charge in [-0.25, -0.2) is 0 Å². The highest BCUT2D eigenvalue weighted by Crippen LogP contribution is 2.31. The van der Waals surface area contributed by atoms with Crippen LogP contribution in [0.4, 0.5) is 11.4 Å². The van der Waals surface area contributed by atoms with E-state index in [-0.39, 0.29) is 10.7 Å². The number of hydrogen-bond donors (Lipinski definition) is 1. The van der Waals surface area contributed by atoms with Crippen LogP contribution in [0, 0.1) is 17.0 Å². The van der Waals surface area contributed by atoms with Crippen LogP contribution >= 0.6 is 23.2 Å². The van der Waals surface area contributed by atoms with Crippen LogP contribution in [-0.4, -0.2) is 16.4 Å². The molecule has 0 heterocycles. The van der Waals surface area contributed by atoms with Crippen LogP contribution in [0.1, 0.15) is 19.4 Å². The smallest absolute Gasteiger partial charge is 0.288 e. The molecule has 0 aliphatic carbocycles. The van der Waals surface area contributed by atoms with Crippen LogP contribution < -0.4 is 10.1 Å². The van der Waals surface area contributed by atoms with Crippen molar-refractivity contribution in [2.75, 3.05) is 5.32 Å². The number of halogens is 2. The van der Waals surface area contributed by atoms with Gasteiger partial charge in [-0.2, -0.15) is 0 Å². The molecular formula is C17H16Cl2N2O4. The Balaban J connectivity index is 2.19. The van der Waals surface area contributed by atoms with Crippen LogP contribution in [0.15, 0.2) is 36.4 Å². The zero-order valence-corrected chi connectivity index (χ0v) is 15.3. The highest BCUT2D eigenvalue weighted by atomic mass is 35.5. The number of carbonyl (C=O) groups is 1. The Morgan fingerprint density at radius 1 is 1.20 bits per heavy atom. The van der Waals surface area contributed by atoms with E-state index in [1.165, 1.54) is 12.1 Å². The maximum absolute atomic E-state index is 12.5. The Kier molecular flexibility index (Phi) is 5.55. The molecule has 8 heteroatoms. The third-order valence-electron chi connectivity index (χ3n) is 3.47. The van der Waals surface area contributed by atoms with E-state index < -0.39 is 16.4 Å². The third-order valence-corrected chi connectivity index (χ3v) is 4.03. The molecule has 0 fully saturated rings. The molecule has 0 spiro atoms. The minimum atomic E-state index is -1.19. The van der Waals surface area contributed by atoms with Crippen LogP contribution in [0.2, 0.25) is 10.0 Å². The van der Waals surface area contributed by atoms with E-state index in [9.17, 15) is 14.9 Å². The van der Waals surface area contributed by atoms with Gasteiger partial charge in [0.25, 0.3) is 11.6 Å². The summed E-state index contributed by atoms with van der Waals surface area (Å²) in [5, 5.41) is 14.1. The number of anilines is 1. The Morgan fingerprint density at radius 2 is 1.80 bits per heavy atom. The predicted molar refractivity (Wildman–Crippen MR) is 97.6 cm³/mol. The van der Waals surface area contributed by atoms with Crippen molar-refractivity contribution < 1.29 is 14.5 Å². The monoisotopic (exact) mass is 382 g/mol. The summed E-state index contributed by atoms with van der Waals surface area (Å²) >= 11 is 11.7. The summed E-state index contributed by atoms with van der Waals surface area (Å²) in [7, 11) is 0. The number of hydrogen-bond acceptors (Lipinski definition) is 4. The second-order valence-electron chi connectivity index (χ2n) is 5.90. The summed E-state index contributed by atoms with van der Waals surface area (Å²) in [6.07, 6.45) is 0. The molecule has 2 aromatic rings. The molecule has 6 nitrogen and oxygen atoms in total. The van der Waals surface area contributed by atoms with E-state index in [0.29, 0.717) is 22.0 Å². The van der Waals surface area contributed by atoms with Gasteiger partial charge < -0.3 is 10.1 Å². The molecule has 0 aromatic heterocycles. The number of nitro groups is 1. The second kappa shape index (κ2) is 7.29. The lowest BCUT2D eigenvalue weighted by molar-refractivity contribution is -0.384. The second-order valence-corrected chi connectivity index (χ2v) is 6.74. The number of aryl methyl sites for hydroxylation is 1. The lowest BCUT2D eigenvalue weighted by atomic mass is 10.1. The fourth-order valence-corrected chi connectivity index (χ4v) is 2.42. The predicted octanol–water partition coefficient (Wildman–Crippen LogP) is 5.01. The van der Waals surface area contributed by atoms with Crippen LogP contribution in [0.5, 0.6) is 5.75 Å². The van der Waals surface area contributed by atoms with E-state index in [1.54, 1.807) is 45.0 Å². The molecule has 2 rings (SSSR count). The minimum Gasteiger partial charge on any atom is -0.478 e. The number of ether oxygens (including phenoxy) is 1. The normalized spacial score (nSPS) is 11.1. The fraction of sp³-hybridized carbons (Fsp3) is 0.235. The highest BCUT2D eigenvalue weighted by molar-refractivity contribution is 6.33. The van der Waals surface area contributed by atoms with Crippen molar-refractivity contribution >= 4 is 40.5 Å². The molecule has 1 N–H and O–H groups in total. The van der Waals surface area contributed by atoms with Gasteiger partial charge in [0.05, 0.1) is 4.92 Å². The molecule has 0 radical (unpaired) electrons. The first-order valence-corrected chi connectivity index (χ1v) is 8.06. The van der Waals surface area contributed by atoms with Gasteiger partial charge in [0.2, 0.25) is 0 Å². The zero-order chi connectivity index (χ0) is 18.8. The van der Waals surface area contributed by atoms with Crippen molar-refractivity contribution in [2.45, 2.75) is 26.4 Å². The molecule has 0 atom stereocenters. The SMILES string of the molecule is Cc1cc([N+](=O)[O-])c(Cl)cc1NC(=O)C(C)(C)Oc1ccc(Cl)cc1. The van der Waals surface area contributed by atoms with Gasteiger partial charge >= 0.3 is 0 Å². The van der Waals surface area contributed by atoms with Gasteiger partial charge in [-0.1, -0.05) is 23.2 Å². The largest absolute Gasteiger partial charge is 0.478 e. The lowest BCUT2D eigenvalue weighted by Crippen LogP contribution is -2.42. The topological polar surface area (TPSA) is 81.5 Å². The number of carbonyl (C=O) groups excluding carboxylic acids is 1. The number of nitrogens with one attached hydrogen (secondary N) is 1. The lowest BCUT2D eigenvalue weighted by Gasteiger charge is -2.25. The number of amides is 1. The molecule has 0 aliphatic heterocycles. The fourth-order valence-electron chi connectivity index (χ4n) is 2.06. The van der Waals surface area contributed by atoms with Crippen LogP contribution in [0.25, 0.3) is 0 Å². The van der Waals surface area contributed by atoms with E-state index in [4.69, 9.17) is 27.9 Å². The first-order chi connectivity index (χ1) is 11.6. The minimum absolute atomic E-state index is 0.0534. The van der Waals surface area contributed by atoms with E-state index in [1.807, 2.05) is 0 Å². The first-order valence-electron chi connectivity index (χ1n) is 7.31. The van der Waals surface area contributed by atoms with Crippen molar-refractivity contribution in [1.29, 1.82) is 0 Å². The van der Waals surface area contributed by atoms with Gasteiger partial charge in [0.1, 0.15) is 10.8 Å². The molecule has 0 saturated heterocycles. The van der Waals surface area contributed by atoms with Gasteiger partial charge in [-0.05, 0) is 56.7 Å². The molecule has 0 unspecified atom stereocenters. The molecule has 2 aromatic carbocycles. The maximum atomic E-state index is 12.5. The standard InChI is InChI=1S/C17H16Cl2N2O4/c1-10-8-15(21(23)24)13(19)9-14(10)20-16(22)17(2,3)25-12-6-4-11(18)5-7-12/h4-9H,1-3H3,(H,20,22). The van der Waals surface area contributed by atoms with Crippen molar-refractivity contribution in [3.8, 4) is 5.75 Å². The average Bonchev–Trinajstić information content (AvgIpc) is 2.52. The molecule has 0 aliphatic rings. The van der Waals surface area contributed by atoms with Crippen LogP contribution in [-0.2, 0) is 4.79 Å². The van der Waals surface area contributed by atoms with Gasteiger partial charge in [0.15, 0.2) is 5.60 Å². The van der Waals surface area contributed by atoms with E-state index in [2.05, 4.69) is 5.32 Å². The van der Waals surface area contributed by atoms with Crippen molar-refractivity contribution in [3.63, 3.8) is 0 Å². The summed E-state index contributed by atoms with van der Waals surface area (Å²) in [6, 6.07) is 9.29. The van der Waals surface area contributed by atoms with Gasteiger partial charge in [0, 0.05) is 16.8 Å². The Bertz CT molecular complexity index is 820. The number of benzene rings is 2. The summed E-state index contributed by atoms with van der Waals surface area (Å²) < 4.78 is 5.71. The van der Waals surface area contributed by atoms with Crippen molar-refractivity contribution in [2.24, 2.45) is 0 Å².